The molecule has 0 aliphatic carbocycles. The maximum absolute atomic E-state index is 4.95. The molecular formula is C15H28N4S. The lowest BCUT2D eigenvalue weighted by molar-refractivity contribution is 0.275. The van der Waals surface area contributed by atoms with Crippen LogP contribution in [0.5, 0.6) is 0 Å². The Hall–Kier alpha value is -0.650. The van der Waals surface area contributed by atoms with Crippen molar-refractivity contribution in [3.63, 3.8) is 0 Å². The first-order valence-corrected chi connectivity index (χ1v) is 8.50. The van der Waals surface area contributed by atoms with Gasteiger partial charge in [-0.25, -0.2) is 4.98 Å². The third-order valence-electron chi connectivity index (χ3n) is 3.87. The predicted molar refractivity (Wildman–Crippen MR) is 87.9 cm³/mol. The SMILES string of the molecule is CCNCc1sc(N2CCN(C)CC2C)nc1C(C)C. The Kier molecular flexibility index (Phi) is 5.41. The molecule has 2 rings (SSSR count). The summed E-state index contributed by atoms with van der Waals surface area (Å²) in [5, 5.41) is 4.65. The number of aromatic nitrogens is 1. The van der Waals surface area contributed by atoms with Crippen molar-refractivity contribution in [2.24, 2.45) is 0 Å². The first kappa shape index (κ1) is 15.7. The second-order valence-corrected chi connectivity index (χ2v) is 7.11. The maximum Gasteiger partial charge on any atom is 0.186 e. The number of rotatable bonds is 5. The van der Waals surface area contributed by atoms with Gasteiger partial charge in [0, 0.05) is 37.1 Å². The van der Waals surface area contributed by atoms with Crippen LogP contribution in [0.4, 0.5) is 5.13 Å². The molecule has 1 unspecified atom stereocenters. The number of nitrogens with zero attached hydrogens (tertiary/aromatic N) is 3. The van der Waals surface area contributed by atoms with Crippen molar-refractivity contribution in [2.45, 2.75) is 46.2 Å². The van der Waals surface area contributed by atoms with Gasteiger partial charge in [0.15, 0.2) is 5.13 Å². The van der Waals surface area contributed by atoms with Crippen molar-refractivity contribution >= 4 is 16.5 Å². The number of anilines is 1. The highest BCUT2D eigenvalue weighted by atomic mass is 32.1. The van der Waals surface area contributed by atoms with Gasteiger partial charge in [-0.05, 0) is 26.4 Å². The van der Waals surface area contributed by atoms with Crippen LogP contribution >= 0.6 is 11.3 Å². The summed E-state index contributed by atoms with van der Waals surface area (Å²) in [6.45, 7) is 14.2. The minimum absolute atomic E-state index is 0.497. The summed E-state index contributed by atoms with van der Waals surface area (Å²) < 4.78 is 0. The molecule has 5 heteroatoms. The van der Waals surface area contributed by atoms with Gasteiger partial charge in [-0.15, -0.1) is 11.3 Å². The number of piperazine rings is 1. The molecule has 4 nitrogen and oxygen atoms in total. The highest BCUT2D eigenvalue weighted by Crippen LogP contribution is 2.32. The van der Waals surface area contributed by atoms with E-state index in [0.717, 1.165) is 32.7 Å². The Morgan fingerprint density at radius 2 is 2.15 bits per heavy atom. The van der Waals surface area contributed by atoms with Crippen molar-refractivity contribution in [3.05, 3.63) is 10.6 Å². The number of thiazole rings is 1. The lowest BCUT2D eigenvalue weighted by Gasteiger charge is -2.38. The molecule has 1 saturated heterocycles. The summed E-state index contributed by atoms with van der Waals surface area (Å²) >= 11 is 1.87. The lowest BCUT2D eigenvalue weighted by atomic mass is 10.1. The molecule has 2 heterocycles. The molecule has 114 valence electrons. The summed E-state index contributed by atoms with van der Waals surface area (Å²) in [4.78, 5) is 11.2. The van der Waals surface area contributed by atoms with Gasteiger partial charge in [-0.2, -0.15) is 0 Å². The molecule has 1 aromatic heterocycles. The first-order chi connectivity index (χ1) is 9.52. The molecule has 1 atom stereocenters. The third-order valence-corrected chi connectivity index (χ3v) is 4.98. The smallest absolute Gasteiger partial charge is 0.186 e. The molecule has 0 radical (unpaired) electrons. The number of likely N-dealkylation sites (N-methyl/N-ethyl adjacent to an activating group) is 1. The fraction of sp³-hybridized carbons (Fsp3) is 0.800. The van der Waals surface area contributed by atoms with Crippen LogP contribution in [0.25, 0.3) is 0 Å². The lowest BCUT2D eigenvalue weighted by Crippen LogP contribution is -2.50. The largest absolute Gasteiger partial charge is 0.343 e. The zero-order valence-corrected chi connectivity index (χ0v) is 14.3. The molecule has 1 aliphatic heterocycles. The Balaban J connectivity index is 2.19. The van der Waals surface area contributed by atoms with E-state index < -0.39 is 0 Å². The highest BCUT2D eigenvalue weighted by molar-refractivity contribution is 7.15. The van der Waals surface area contributed by atoms with Crippen LogP contribution in [0.3, 0.4) is 0 Å². The van der Waals surface area contributed by atoms with E-state index in [1.165, 1.54) is 15.7 Å². The average Bonchev–Trinajstić information content (AvgIpc) is 2.80. The first-order valence-electron chi connectivity index (χ1n) is 7.68. The zero-order chi connectivity index (χ0) is 14.7. The minimum atomic E-state index is 0.497. The van der Waals surface area contributed by atoms with Crippen LogP contribution in [0, 0.1) is 0 Å². The summed E-state index contributed by atoms with van der Waals surface area (Å²) in [6.07, 6.45) is 0. The van der Waals surface area contributed by atoms with E-state index in [0.29, 0.717) is 12.0 Å². The Bertz CT molecular complexity index is 430. The summed E-state index contributed by atoms with van der Waals surface area (Å²) in [6, 6.07) is 0.548. The monoisotopic (exact) mass is 296 g/mol. The minimum Gasteiger partial charge on any atom is -0.343 e. The van der Waals surface area contributed by atoms with Gasteiger partial charge in [0.25, 0.3) is 0 Å². The summed E-state index contributed by atoms with van der Waals surface area (Å²) in [5.74, 6) is 0.497. The van der Waals surface area contributed by atoms with E-state index in [9.17, 15) is 0 Å². The van der Waals surface area contributed by atoms with Crippen molar-refractivity contribution < 1.29 is 0 Å². The highest BCUT2D eigenvalue weighted by Gasteiger charge is 2.25. The fourth-order valence-corrected chi connectivity index (χ4v) is 4.03. The van der Waals surface area contributed by atoms with Crippen LogP contribution < -0.4 is 10.2 Å². The zero-order valence-electron chi connectivity index (χ0n) is 13.4. The quantitative estimate of drug-likeness (QED) is 0.905. The number of nitrogens with one attached hydrogen (secondary N) is 1. The van der Waals surface area contributed by atoms with Gasteiger partial charge in [0.2, 0.25) is 0 Å². The van der Waals surface area contributed by atoms with Crippen molar-refractivity contribution in [1.82, 2.24) is 15.2 Å². The van der Waals surface area contributed by atoms with Crippen LogP contribution in [0.1, 0.15) is 44.2 Å². The topological polar surface area (TPSA) is 31.4 Å². The molecule has 0 bridgehead atoms. The maximum atomic E-state index is 4.95. The van der Waals surface area contributed by atoms with Crippen LogP contribution in [0.15, 0.2) is 0 Å². The van der Waals surface area contributed by atoms with E-state index >= 15 is 0 Å². The van der Waals surface area contributed by atoms with Crippen LogP contribution in [0.2, 0.25) is 0 Å². The van der Waals surface area contributed by atoms with E-state index in [2.05, 4.69) is 49.9 Å². The van der Waals surface area contributed by atoms with Gasteiger partial charge in [0.1, 0.15) is 0 Å². The Morgan fingerprint density at radius 3 is 2.75 bits per heavy atom. The summed E-state index contributed by atoms with van der Waals surface area (Å²) in [5.41, 5.74) is 1.28. The van der Waals surface area contributed by atoms with Crippen LogP contribution in [-0.2, 0) is 6.54 Å². The van der Waals surface area contributed by atoms with Gasteiger partial charge in [0.05, 0.1) is 5.69 Å². The van der Waals surface area contributed by atoms with Crippen LogP contribution in [-0.4, -0.2) is 49.2 Å². The average molecular weight is 296 g/mol. The molecule has 0 saturated carbocycles. The third kappa shape index (κ3) is 3.51. The molecule has 1 N–H and O–H groups in total. The molecule has 1 aromatic rings. The fourth-order valence-electron chi connectivity index (χ4n) is 2.71. The molecule has 0 aromatic carbocycles. The molecule has 0 spiro atoms. The normalized spacial score (nSPS) is 20.9. The van der Waals surface area contributed by atoms with E-state index in [-0.39, 0.29) is 0 Å². The van der Waals surface area contributed by atoms with Gasteiger partial charge in [-0.3, -0.25) is 0 Å². The molecule has 1 fully saturated rings. The Morgan fingerprint density at radius 1 is 1.40 bits per heavy atom. The Labute approximate surface area is 127 Å². The van der Waals surface area contributed by atoms with Gasteiger partial charge >= 0.3 is 0 Å². The number of hydrogen-bond donors (Lipinski definition) is 1. The molecule has 20 heavy (non-hydrogen) atoms. The van der Waals surface area contributed by atoms with E-state index in [4.69, 9.17) is 4.98 Å². The van der Waals surface area contributed by atoms with Gasteiger partial charge in [-0.1, -0.05) is 20.8 Å². The standard InChI is InChI=1S/C15H28N4S/c1-6-16-9-13-14(11(2)3)17-15(20-13)19-8-7-18(5)10-12(19)4/h11-12,16H,6-10H2,1-5H3. The van der Waals surface area contributed by atoms with E-state index in [1.807, 2.05) is 11.3 Å². The second kappa shape index (κ2) is 6.87. The van der Waals surface area contributed by atoms with Crippen molar-refractivity contribution in [1.29, 1.82) is 0 Å². The van der Waals surface area contributed by atoms with Crippen molar-refractivity contribution in [2.75, 3.05) is 38.1 Å². The van der Waals surface area contributed by atoms with Crippen molar-refractivity contribution in [3.8, 4) is 0 Å². The number of hydrogen-bond acceptors (Lipinski definition) is 5. The summed E-state index contributed by atoms with van der Waals surface area (Å²) in [7, 11) is 2.20. The van der Waals surface area contributed by atoms with E-state index in [1.54, 1.807) is 0 Å². The molecule has 0 amide bonds. The molecular weight excluding hydrogens is 268 g/mol. The predicted octanol–water partition coefficient (Wildman–Crippen LogP) is 2.52. The van der Waals surface area contributed by atoms with Gasteiger partial charge < -0.3 is 15.1 Å². The molecule has 1 aliphatic rings. The second-order valence-electron chi connectivity index (χ2n) is 6.04.